The highest BCUT2D eigenvalue weighted by molar-refractivity contribution is 5.91. The fraction of sp³-hybridized carbons (Fsp3) is 0.318. The number of aromatic hydroxyl groups is 1. The molecule has 3 aromatic rings. The first-order valence-electron chi connectivity index (χ1n) is 9.75. The van der Waals surface area contributed by atoms with E-state index in [0.717, 1.165) is 12.1 Å². The predicted molar refractivity (Wildman–Crippen MR) is 108 cm³/mol. The van der Waals surface area contributed by atoms with Crippen LogP contribution in [0.25, 0.3) is 10.9 Å². The second kappa shape index (κ2) is 7.26. The van der Waals surface area contributed by atoms with Crippen LogP contribution in [0.2, 0.25) is 0 Å². The zero-order chi connectivity index (χ0) is 22.6. The maximum absolute atomic E-state index is 14.2. The number of H-pyrrole nitrogens is 1. The van der Waals surface area contributed by atoms with E-state index in [0.29, 0.717) is 5.56 Å². The van der Waals surface area contributed by atoms with Crippen LogP contribution >= 0.6 is 0 Å². The van der Waals surface area contributed by atoms with E-state index in [1.54, 1.807) is 6.92 Å². The predicted octanol–water partition coefficient (Wildman–Crippen LogP) is 4.72. The quantitative estimate of drug-likeness (QED) is 0.448. The minimum absolute atomic E-state index is 0.0248. The minimum Gasteiger partial charge on any atom is -0.508 e. The van der Waals surface area contributed by atoms with Gasteiger partial charge in [0.25, 0.3) is 0 Å². The molecule has 0 amide bonds. The van der Waals surface area contributed by atoms with Crippen molar-refractivity contribution in [2.75, 3.05) is 5.32 Å². The molecule has 5 nitrogen and oxygen atoms in total. The lowest BCUT2D eigenvalue weighted by molar-refractivity contribution is -0.272. The number of phenolic OH excluding ortho intramolecular Hbond substituents is 1. The van der Waals surface area contributed by atoms with E-state index < -0.39 is 41.5 Å². The molecule has 1 aromatic heterocycles. The summed E-state index contributed by atoms with van der Waals surface area (Å²) < 4.78 is 56.7. The maximum Gasteiger partial charge on any atom is 0.419 e. The molecule has 0 fully saturated rings. The number of fused-ring (bicyclic) bond motifs is 2. The van der Waals surface area contributed by atoms with Gasteiger partial charge < -0.3 is 20.5 Å². The van der Waals surface area contributed by atoms with Gasteiger partial charge in [0.2, 0.25) is 5.56 Å². The van der Waals surface area contributed by atoms with Crippen molar-refractivity contribution in [3.8, 4) is 5.75 Å². The highest BCUT2D eigenvalue weighted by Gasteiger charge is 2.62. The Labute approximate surface area is 174 Å². The molecule has 0 spiro atoms. The topological polar surface area (TPSA) is 85.4 Å². The van der Waals surface area contributed by atoms with Crippen LogP contribution in [0.3, 0.4) is 0 Å². The van der Waals surface area contributed by atoms with Gasteiger partial charge in [0.15, 0.2) is 5.60 Å². The molecule has 31 heavy (non-hydrogen) atoms. The summed E-state index contributed by atoms with van der Waals surface area (Å²) in [6, 6.07) is 7.09. The molecule has 0 radical (unpaired) electrons. The van der Waals surface area contributed by atoms with Crippen LogP contribution in [0, 0.1) is 5.82 Å². The van der Waals surface area contributed by atoms with Gasteiger partial charge in [0.1, 0.15) is 11.6 Å². The largest absolute Gasteiger partial charge is 0.508 e. The molecule has 9 heteroatoms. The first-order chi connectivity index (χ1) is 14.5. The number of aliphatic hydroxyl groups is 1. The van der Waals surface area contributed by atoms with E-state index in [-0.39, 0.29) is 34.3 Å². The molecule has 2 aromatic carbocycles. The monoisotopic (exact) mass is 436 g/mol. The van der Waals surface area contributed by atoms with Gasteiger partial charge in [-0.05, 0) is 48.6 Å². The Hall–Kier alpha value is -3.07. The third-order valence-corrected chi connectivity index (χ3v) is 5.96. The van der Waals surface area contributed by atoms with Gasteiger partial charge in [0.05, 0.1) is 11.6 Å². The fourth-order valence-electron chi connectivity index (χ4n) is 4.45. The van der Waals surface area contributed by atoms with E-state index in [1.165, 1.54) is 30.3 Å². The first-order valence-corrected chi connectivity index (χ1v) is 9.75. The number of benzene rings is 2. The van der Waals surface area contributed by atoms with Crippen molar-refractivity contribution < 1.29 is 27.8 Å². The third kappa shape index (κ3) is 3.42. The molecule has 4 N–H and O–H groups in total. The number of nitrogens with one attached hydrogen (secondary N) is 2. The second-order valence-corrected chi connectivity index (χ2v) is 7.83. The molecule has 0 saturated carbocycles. The van der Waals surface area contributed by atoms with E-state index in [9.17, 15) is 32.6 Å². The van der Waals surface area contributed by atoms with Crippen LogP contribution in [0.5, 0.6) is 5.75 Å². The number of pyridine rings is 1. The Bertz CT molecular complexity index is 1210. The van der Waals surface area contributed by atoms with Crippen molar-refractivity contribution >= 4 is 16.6 Å². The number of anilines is 1. The average molecular weight is 436 g/mol. The van der Waals surface area contributed by atoms with Crippen molar-refractivity contribution in [1.82, 2.24) is 4.98 Å². The zero-order valence-corrected chi connectivity index (χ0v) is 16.4. The highest BCUT2D eigenvalue weighted by atomic mass is 19.4. The van der Waals surface area contributed by atoms with Gasteiger partial charge in [0, 0.05) is 22.7 Å². The third-order valence-electron chi connectivity index (χ3n) is 5.96. The fourth-order valence-corrected chi connectivity index (χ4v) is 4.45. The molecule has 1 aliphatic rings. The molecule has 1 aliphatic carbocycles. The van der Waals surface area contributed by atoms with Crippen molar-refractivity contribution in [3.05, 3.63) is 69.8 Å². The lowest BCUT2D eigenvalue weighted by Gasteiger charge is -2.45. The van der Waals surface area contributed by atoms with Gasteiger partial charge in [-0.3, -0.25) is 4.79 Å². The normalized spacial score (nSPS) is 23.5. The molecule has 0 aliphatic heterocycles. The number of aromatic amines is 1. The van der Waals surface area contributed by atoms with Crippen molar-refractivity contribution in [1.29, 1.82) is 0 Å². The number of alkyl halides is 3. The Morgan fingerprint density at radius 2 is 1.97 bits per heavy atom. The number of rotatable bonds is 3. The van der Waals surface area contributed by atoms with Gasteiger partial charge in [-0.25, -0.2) is 4.39 Å². The number of aromatic nitrogens is 1. The lowest BCUT2D eigenvalue weighted by Crippen LogP contribution is -2.55. The number of phenols is 1. The molecule has 4 rings (SSSR count). The minimum atomic E-state index is -5.00. The standard InChI is InChI=1S/C22H20F4N2O3/c1-2-11-10-21(31,22(24,25)26)20(14-4-3-5-17(29)19(11)14)28-16-9-12(23)8-15-13(16)6-7-18(30)27-15/h3-9,11,20,28-29,31H,2,10H2,1H3,(H,27,30). The smallest absolute Gasteiger partial charge is 0.419 e. The summed E-state index contributed by atoms with van der Waals surface area (Å²) in [4.78, 5) is 14.0. The summed E-state index contributed by atoms with van der Waals surface area (Å²) in [5, 5.41) is 24.3. The van der Waals surface area contributed by atoms with Crippen molar-refractivity contribution in [2.24, 2.45) is 0 Å². The first kappa shape index (κ1) is 21.2. The lowest BCUT2D eigenvalue weighted by atomic mass is 9.69. The van der Waals surface area contributed by atoms with Crippen LogP contribution in [0.15, 0.2) is 47.3 Å². The second-order valence-electron chi connectivity index (χ2n) is 7.83. The van der Waals surface area contributed by atoms with Crippen LogP contribution in [-0.4, -0.2) is 27.0 Å². The average Bonchev–Trinajstić information content (AvgIpc) is 2.68. The molecule has 0 saturated heterocycles. The Morgan fingerprint density at radius 3 is 2.65 bits per heavy atom. The number of hydrogen-bond acceptors (Lipinski definition) is 4. The molecule has 164 valence electrons. The molecule has 0 bridgehead atoms. The van der Waals surface area contributed by atoms with Crippen molar-refractivity contribution in [3.63, 3.8) is 0 Å². The summed E-state index contributed by atoms with van der Waals surface area (Å²) in [6.45, 7) is 1.68. The van der Waals surface area contributed by atoms with E-state index >= 15 is 0 Å². The molecule has 3 atom stereocenters. The summed E-state index contributed by atoms with van der Waals surface area (Å²) in [5.41, 5.74) is -3.18. The Balaban J connectivity index is 1.94. The van der Waals surface area contributed by atoms with Crippen LogP contribution in [0.1, 0.15) is 42.9 Å². The van der Waals surface area contributed by atoms with Gasteiger partial charge >= 0.3 is 6.18 Å². The van der Waals surface area contributed by atoms with Crippen molar-refractivity contribution in [2.45, 2.75) is 43.5 Å². The summed E-state index contributed by atoms with van der Waals surface area (Å²) in [5.74, 6) is -1.65. The number of hydrogen-bond donors (Lipinski definition) is 4. The molecule has 3 unspecified atom stereocenters. The number of halogens is 4. The molecular formula is C22H20F4N2O3. The Kier molecular flexibility index (Phi) is 4.96. The van der Waals surface area contributed by atoms with Gasteiger partial charge in [-0.2, -0.15) is 13.2 Å². The van der Waals surface area contributed by atoms with Gasteiger partial charge in [-0.1, -0.05) is 19.1 Å². The highest BCUT2D eigenvalue weighted by Crippen LogP contribution is 2.55. The van der Waals surface area contributed by atoms with E-state index in [1.807, 2.05) is 0 Å². The summed E-state index contributed by atoms with van der Waals surface area (Å²) in [6.07, 6.45) is -5.39. The zero-order valence-electron chi connectivity index (χ0n) is 16.4. The summed E-state index contributed by atoms with van der Waals surface area (Å²) >= 11 is 0. The summed E-state index contributed by atoms with van der Waals surface area (Å²) in [7, 11) is 0. The molecular weight excluding hydrogens is 416 g/mol. The molecule has 1 heterocycles. The van der Waals surface area contributed by atoms with Gasteiger partial charge in [-0.15, -0.1) is 0 Å². The maximum atomic E-state index is 14.2. The van der Waals surface area contributed by atoms with Crippen LogP contribution in [-0.2, 0) is 0 Å². The van der Waals surface area contributed by atoms with E-state index in [4.69, 9.17) is 0 Å². The Morgan fingerprint density at radius 1 is 1.23 bits per heavy atom. The van der Waals surface area contributed by atoms with Crippen LogP contribution < -0.4 is 10.9 Å². The van der Waals surface area contributed by atoms with Crippen LogP contribution in [0.4, 0.5) is 23.2 Å². The van der Waals surface area contributed by atoms with E-state index in [2.05, 4.69) is 10.3 Å². The SMILES string of the molecule is CCC1CC(O)(C(F)(F)F)C(Nc2cc(F)cc3[nH]c(=O)ccc23)c2cccc(O)c21.